The number of hydrogen-bond acceptors (Lipinski definition) is 7. The Bertz CT molecular complexity index is 1430. The number of amides is 2. The number of carbonyl (C=O) groups excluding carboxylic acids is 2. The minimum atomic E-state index is -0.393. The Morgan fingerprint density at radius 2 is 1.94 bits per heavy atom. The fourth-order valence-electron chi connectivity index (χ4n) is 4.96. The van der Waals surface area contributed by atoms with Gasteiger partial charge in [-0.25, -0.2) is 0 Å². The van der Waals surface area contributed by atoms with Crippen LogP contribution in [0.4, 0.5) is 10.5 Å². The van der Waals surface area contributed by atoms with Crippen LogP contribution >= 0.6 is 11.8 Å². The van der Waals surface area contributed by atoms with Crippen LogP contribution in [0, 0.1) is 18.3 Å². The van der Waals surface area contributed by atoms with Gasteiger partial charge in [0.25, 0.3) is 11.1 Å². The first kappa shape index (κ1) is 24.0. The second kappa shape index (κ2) is 10.1. The Labute approximate surface area is 214 Å². The number of thioether (sulfide) groups is 1. The number of benzene rings is 2. The first-order chi connectivity index (χ1) is 17.5. The molecule has 2 saturated heterocycles. The van der Waals surface area contributed by atoms with Crippen molar-refractivity contribution in [2.24, 2.45) is 0 Å². The lowest BCUT2D eigenvalue weighted by Crippen LogP contribution is -2.46. The van der Waals surface area contributed by atoms with Gasteiger partial charge in [-0.15, -0.1) is 0 Å². The monoisotopic (exact) mass is 497 g/mol. The minimum Gasteiger partial charge on any atom is -0.369 e. The van der Waals surface area contributed by atoms with Gasteiger partial charge >= 0.3 is 0 Å². The first-order valence-electron chi connectivity index (χ1n) is 12.1. The first-order valence-corrected chi connectivity index (χ1v) is 12.9. The topological polar surface area (TPSA) is 89.3 Å². The van der Waals surface area contributed by atoms with Crippen LogP contribution in [0.15, 0.2) is 47.5 Å². The fraction of sp³-hybridized carbons (Fsp3) is 0.286. The second-order valence-electron chi connectivity index (χ2n) is 9.12. The van der Waals surface area contributed by atoms with Gasteiger partial charge in [0.05, 0.1) is 16.0 Å². The predicted molar refractivity (Wildman–Crippen MR) is 145 cm³/mol. The van der Waals surface area contributed by atoms with E-state index in [1.807, 2.05) is 18.2 Å². The normalized spacial score (nSPS) is 17.6. The van der Waals surface area contributed by atoms with Crippen molar-refractivity contribution in [3.63, 3.8) is 0 Å². The lowest BCUT2D eigenvalue weighted by molar-refractivity contribution is -0.115. The summed E-state index contributed by atoms with van der Waals surface area (Å²) in [7, 11) is 0. The highest BCUT2D eigenvalue weighted by atomic mass is 32.2. The maximum Gasteiger partial charge on any atom is 0.290 e. The van der Waals surface area contributed by atoms with Crippen molar-refractivity contribution < 1.29 is 9.59 Å². The number of pyridine rings is 1. The van der Waals surface area contributed by atoms with Crippen LogP contribution in [0.3, 0.4) is 0 Å². The number of rotatable bonds is 5. The molecular weight excluding hydrogens is 470 g/mol. The van der Waals surface area contributed by atoms with Gasteiger partial charge in [0, 0.05) is 49.0 Å². The smallest absolute Gasteiger partial charge is 0.290 e. The summed E-state index contributed by atoms with van der Waals surface area (Å²) in [4.78, 5) is 33.3. The maximum atomic E-state index is 12.0. The van der Waals surface area contributed by atoms with Crippen molar-refractivity contribution in [2.75, 3.05) is 37.6 Å². The summed E-state index contributed by atoms with van der Waals surface area (Å²) >= 11 is 0.888. The van der Waals surface area contributed by atoms with Crippen LogP contribution < -0.4 is 10.2 Å². The molecule has 182 valence electrons. The summed E-state index contributed by atoms with van der Waals surface area (Å²) < 4.78 is 0. The standard InChI is InChI=1S/C28H27N5O2S/c1-3-8-32-9-11-33(12-10-32)24-7-5-20(13-18(24)2)26-21(16-29)17-30-23-6-4-19(14-22(23)26)15-25-27(34)31-28(35)36-25/h4-7,13-15,17H,3,8-12H2,1-2H3,(H,31,34,35). The highest BCUT2D eigenvalue weighted by Crippen LogP contribution is 2.35. The van der Waals surface area contributed by atoms with Gasteiger partial charge in [-0.05, 0) is 78.7 Å². The SMILES string of the molecule is CCCN1CCN(c2ccc(-c3c(C#N)cnc4ccc(C=C5SC(=O)NC5=O)cc34)cc2C)CC1. The van der Waals surface area contributed by atoms with Gasteiger partial charge in [0.2, 0.25) is 0 Å². The number of anilines is 1. The number of imide groups is 1. The van der Waals surface area contributed by atoms with Crippen molar-refractivity contribution in [2.45, 2.75) is 20.3 Å². The third kappa shape index (κ3) is 4.72. The Morgan fingerprint density at radius 3 is 2.61 bits per heavy atom. The maximum absolute atomic E-state index is 12.0. The molecular formula is C28H27N5O2S. The molecule has 5 rings (SSSR count). The molecule has 7 nitrogen and oxygen atoms in total. The van der Waals surface area contributed by atoms with Crippen LogP contribution in [0.25, 0.3) is 28.1 Å². The number of nitrogens with one attached hydrogen (secondary N) is 1. The molecule has 0 spiro atoms. The molecule has 2 amide bonds. The summed E-state index contributed by atoms with van der Waals surface area (Å²) in [6.07, 6.45) is 4.49. The molecule has 8 heteroatoms. The number of aromatic nitrogens is 1. The molecule has 3 heterocycles. The Kier molecular flexibility index (Phi) is 6.77. The molecule has 0 radical (unpaired) electrons. The zero-order valence-electron chi connectivity index (χ0n) is 20.4. The summed E-state index contributed by atoms with van der Waals surface area (Å²) in [6, 6.07) is 14.4. The Hall–Kier alpha value is -3.67. The van der Waals surface area contributed by atoms with Crippen LogP contribution in [-0.4, -0.2) is 53.8 Å². The number of aryl methyl sites for hydroxylation is 1. The summed E-state index contributed by atoms with van der Waals surface area (Å²) in [5.74, 6) is -0.393. The van der Waals surface area contributed by atoms with Gasteiger partial charge < -0.3 is 4.90 Å². The number of nitriles is 1. The zero-order valence-corrected chi connectivity index (χ0v) is 21.2. The van der Waals surface area contributed by atoms with Gasteiger partial charge in [-0.2, -0.15) is 5.26 Å². The molecule has 2 aliphatic heterocycles. The summed E-state index contributed by atoms with van der Waals surface area (Å²) in [6.45, 7) is 9.65. The van der Waals surface area contributed by atoms with Gasteiger partial charge in [0.1, 0.15) is 6.07 Å². The molecule has 0 aliphatic carbocycles. The number of piperazine rings is 1. The Morgan fingerprint density at radius 1 is 1.14 bits per heavy atom. The van der Waals surface area contributed by atoms with E-state index in [0.29, 0.717) is 10.5 Å². The van der Waals surface area contributed by atoms with E-state index < -0.39 is 5.91 Å². The van der Waals surface area contributed by atoms with Crippen molar-refractivity contribution in [1.82, 2.24) is 15.2 Å². The van der Waals surface area contributed by atoms with E-state index in [-0.39, 0.29) is 5.24 Å². The van der Waals surface area contributed by atoms with E-state index in [9.17, 15) is 14.9 Å². The number of nitrogens with zero attached hydrogens (tertiary/aromatic N) is 4. The summed E-state index contributed by atoms with van der Waals surface area (Å²) in [5.41, 5.74) is 6.20. The van der Waals surface area contributed by atoms with Gasteiger partial charge in [-0.3, -0.25) is 24.8 Å². The zero-order chi connectivity index (χ0) is 25.2. The van der Waals surface area contributed by atoms with Crippen molar-refractivity contribution >= 4 is 45.6 Å². The second-order valence-corrected chi connectivity index (χ2v) is 10.1. The van der Waals surface area contributed by atoms with E-state index >= 15 is 0 Å². The molecule has 0 atom stereocenters. The Balaban J connectivity index is 1.52. The molecule has 36 heavy (non-hydrogen) atoms. The van der Waals surface area contributed by atoms with Crippen molar-refractivity contribution in [3.05, 3.63) is 64.2 Å². The molecule has 0 saturated carbocycles. The predicted octanol–water partition coefficient (Wildman–Crippen LogP) is 4.94. The van der Waals surface area contributed by atoms with Gasteiger partial charge in [-0.1, -0.05) is 19.1 Å². The molecule has 3 aromatic rings. The van der Waals surface area contributed by atoms with Crippen LogP contribution in [0.2, 0.25) is 0 Å². The van der Waals surface area contributed by atoms with E-state index in [1.165, 1.54) is 17.7 Å². The average molecular weight is 498 g/mol. The lowest BCUT2D eigenvalue weighted by atomic mass is 9.94. The molecule has 2 aromatic carbocycles. The van der Waals surface area contributed by atoms with E-state index in [1.54, 1.807) is 12.3 Å². The highest BCUT2D eigenvalue weighted by molar-refractivity contribution is 8.18. The van der Waals surface area contributed by atoms with Crippen molar-refractivity contribution in [1.29, 1.82) is 5.26 Å². The number of hydrogen-bond donors (Lipinski definition) is 1. The molecule has 1 N–H and O–H groups in total. The van der Waals surface area contributed by atoms with Crippen LogP contribution in [0.5, 0.6) is 0 Å². The van der Waals surface area contributed by atoms with Gasteiger partial charge in [0.15, 0.2) is 0 Å². The van der Waals surface area contributed by atoms with Crippen molar-refractivity contribution in [3.8, 4) is 17.2 Å². The molecule has 0 unspecified atom stereocenters. The van der Waals surface area contributed by atoms with E-state index in [2.05, 4.69) is 58.2 Å². The lowest BCUT2D eigenvalue weighted by Gasteiger charge is -2.36. The molecule has 1 aromatic heterocycles. The quantitative estimate of drug-likeness (QED) is 0.500. The molecule has 2 aliphatic rings. The molecule has 0 bridgehead atoms. The minimum absolute atomic E-state index is 0.351. The largest absolute Gasteiger partial charge is 0.369 e. The van der Waals surface area contributed by atoms with Crippen LogP contribution in [0.1, 0.15) is 30.0 Å². The van der Waals surface area contributed by atoms with Crippen LogP contribution in [-0.2, 0) is 4.79 Å². The fourth-order valence-corrected chi connectivity index (χ4v) is 5.64. The number of carbonyl (C=O) groups is 2. The third-order valence-corrected chi connectivity index (χ3v) is 7.50. The number of fused-ring (bicyclic) bond motifs is 1. The third-order valence-electron chi connectivity index (χ3n) is 6.69. The highest BCUT2D eigenvalue weighted by Gasteiger charge is 2.25. The molecule has 2 fully saturated rings. The van der Waals surface area contributed by atoms with E-state index in [4.69, 9.17) is 0 Å². The average Bonchev–Trinajstić information content (AvgIpc) is 3.20. The van der Waals surface area contributed by atoms with E-state index in [0.717, 1.165) is 72.1 Å². The summed E-state index contributed by atoms with van der Waals surface area (Å²) in [5, 5.41) is 12.6.